The third-order valence-electron chi connectivity index (χ3n) is 6.58. The van der Waals surface area contributed by atoms with Gasteiger partial charge in [0.1, 0.15) is 24.9 Å². The molecule has 0 radical (unpaired) electrons. The van der Waals surface area contributed by atoms with Crippen molar-refractivity contribution in [2.24, 2.45) is 5.92 Å². The van der Waals surface area contributed by atoms with Gasteiger partial charge in [0.15, 0.2) is 0 Å². The molecular weight excluding hydrogens is 400 g/mol. The van der Waals surface area contributed by atoms with Crippen LogP contribution in [0, 0.1) is 5.92 Å². The van der Waals surface area contributed by atoms with Gasteiger partial charge in [-0.15, -0.1) is 0 Å². The molecule has 2 aliphatic heterocycles. The van der Waals surface area contributed by atoms with Crippen molar-refractivity contribution in [1.29, 1.82) is 0 Å². The van der Waals surface area contributed by atoms with E-state index in [1.807, 2.05) is 30.5 Å². The topological polar surface area (TPSA) is 115 Å². The van der Waals surface area contributed by atoms with Gasteiger partial charge in [-0.3, -0.25) is 14.3 Å². The minimum atomic E-state index is -0.619. The number of amides is 2. The van der Waals surface area contributed by atoms with Crippen molar-refractivity contribution in [2.75, 3.05) is 13.2 Å². The number of hydrogen-bond acceptors (Lipinski definition) is 6. The van der Waals surface area contributed by atoms with Crippen molar-refractivity contribution in [1.82, 2.24) is 20.4 Å². The number of carbonyl (C=O) groups excluding carboxylic acids is 2. The van der Waals surface area contributed by atoms with Crippen LogP contribution < -0.4 is 10.6 Å². The molecule has 2 saturated heterocycles. The summed E-state index contributed by atoms with van der Waals surface area (Å²) in [5.41, 5.74) is 0.873. The lowest BCUT2D eigenvalue weighted by Gasteiger charge is -2.29. The largest absolute Gasteiger partial charge is 0.388 e. The molecule has 166 valence electrons. The third kappa shape index (κ3) is 4.30. The molecule has 2 aromatic rings. The first-order chi connectivity index (χ1) is 15.1. The van der Waals surface area contributed by atoms with Crippen LogP contribution in [0.5, 0.6) is 0 Å². The minimum absolute atomic E-state index is 0.00671. The highest BCUT2D eigenvalue weighted by Crippen LogP contribution is 2.29. The summed E-state index contributed by atoms with van der Waals surface area (Å²) in [4.78, 5) is 25.1. The third-order valence-corrected chi connectivity index (χ3v) is 6.58. The predicted octanol–water partition coefficient (Wildman–Crippen LogP) is 0.355. The Morgan fingerprint density at radius 1 is 1.06 bits per heavy atom. The van der Waals surface area contributed by atoms with Crippen molar-refractivity contribution in [3.63, 3.8) is 0 Å². The average molecular weight is 428 g/mol. The molecule has 3 heterocycles. The predicted molar refractivity (Wildman–Crippen MR) is 111 cm³/mol. The molecule has 0 spiro atoms. The normalized spacial score (nSPS) is 32.7. The Hall–Kier alpha value is -2.49. The zero-order valence-electron chi connectivity index (χ0n) is 17.3. The molecule has 3 N–H and O–H groups in total. The number of nitrogens with one attached hydrogen (secondary N) is 2. The summed E-state index contributed by atoms with van der Waals surface area (Å²) in [6.45, 7) is 0.804. The van der Waals surface area contributed by atoms with Crippen LogP contribution in [0.3, 0.4) is 0 Å². The molecule has 0 unspecified atom stereocenters. The molecule has 1 aromatic carbocycles. The average Bonchev–Trinajstić information content (AvgIpc) is 3.45. The Labute approximate surface area is 180 Å². The first-order valence-corrected chi connectivity index (χ1v) is 11.0. The van der Waals surface area contributed by atoms with E-state index in [9.17, 15) is 14.7 Å². The fourth-order valence-electron chi connectivity index (χ4n) is 4.92. The number of aromatic nitrogens is 2. The second kappa shape index (κ2) is 8.57. The summed E-state index contributed by atoms with van der Waals surface area (Å²) in [7, 11) is 0. The highest BCUT2D eigenvalue weighted by molar-refractivity contribution is 5.80. The van der Waals surface area contributed by atoms with E-state index in [1.54, 1.807) is 4.68 Å². The van der Waals surface area contributed by atoms with Gasteiger partial charge in [0.05, 0.1) is 24.8 Å². The van der Waals surface area contributed by atoms with Crippen LogP contribution in [-0.2, 0) is 25.6 Å². The van der Waals surface area contributed by atoms with E-state index in [1.165, 1.54) is 0 Å². The highest BCUT2D eigenvalue weighted by Gasteiger charge is 2.48. The Morgan fingerprint density at radius 2 is 1.84 bits per heavy atom. The monoisotopic (exact) mass is 428 g/mol. The summed E-state index contributed by atoms with van der Waals surface area (Å²) in [6, 6.07) is 7.64. The summed E-state index contributed by atoms with van der Waals surface area (Å²) in [6.07, 6.45) is 3.64. The lowest BCUT2D eigenvalue weighted by molar-refractivity contribution is -0.127. The van der Waals surface area contributed by atoms with E-state index < -0.39 is 6.10 Å². The molecule has 31 heavy (non-hydrogen) atoms. The Kier molecular flexibility index (Phi) is 5.64. The van der Waals surface area contributed by atoms with Crippen molar-refractivity contribution in [2.45, 2.75) is 62.6 Å². The maximum Gasteiger partial charge on any atom is 0.241 e. The number of benzene rings is 1. The van der Waals surface area contributed by atoms with Crippen LogP contribution in [0.25, 0.3) is 10.9 Å². The molecule has 3 fully saturated rings. The first-order valence-electron chi connectivity index (χ1n) is 11.0. The number of hydrogen-bond donors (Lipinski definition) is 3. The fraction of sp³-hybridized carbons (Fsp3) is 0.591. The maximum absolute atomic E-state index is 12.7. The van der Waals surface area contributed by atoms with Gasteiger partial charge in [-0.25, -0.2) is 0 Å². The van der Waals surface area contributed by atoms with E-state index in [0.29, 0.717) is 6.61 Å². The Balaban J connectivity index is 1.07. The van der Waals surface area contributed by atoms with Gasteiger partial charge >= 0.3 is 0 Å². The van der Waals surface area contributed by atoms with Gasteiger partial charge in [-0.1, -0.05) is 18.2 Å². The molecule has 0 bridgehead atoms. The summed E-state index contributed by atoms with van der Waals surface area (Å²) in [5, 5.41) is 21.4. The lowest BCUT2D eigenvalue weighted by Crippen LogP contribution is -2.48. The van der Waals surface area contributed by atoms with Crippen molar-refractivity contribution in [3.05, 3.63) is 30.5 Å². The van der Waals surface area contributed by atoms with Crippen molar-refractivity contribution < 1.29 is 24.2 Å². The summed E-state index contributed by atoms with van der Waals surface area (Å²) >= 11 is 0. The Bertz CT molecular complexity index is 921. The van der Waals surface area contributed by atoms with Crippen LogP contribution in [0.15, 0.2) is 30.5 Å². The number of nitrogens with zero attached hydrogens (tertiary/aromatic N) is 2. The number of rotatable bonds is 5. The number of carbonyl (C=O) groups is 2. The standard InChI is InChI=1S/C22H28N4O5/c27-18-12-31-20-17(11-30-21(18)20)24-22(29)13-5-7-15(8-6-13)23-19(28)10-26-9-14-3-1-2-4-16(14)25-26/h1-4,9,13,15,17-18,20-21,27H,5-8,10-12H2,(H,23,28)(H,24,29)/t13?,15?,17-,18-,20+,21+/m0/s1. The SMILES string of the molecule is O=C(Cn1cc2ccccc2n1)NC1CCC(C(=O)N[C@H]2CO[C@H]3[C@@H]2OC[C@@H]3O)CC1. The van der Waals surface area contributed by atoms with Crippen LogP contribution >= 0.6 is 0 Å². The van der Waals surface area contributed by atoms with Gasteiger partial charge in [0.2, 0.25) is 11.8 Å². The Morgan fingerprint density at radius 3 is 2.65 bits per heavy atom. The number of ether oxygens (including phenoxy) is 2. The van der Waals surface area contributed by atoms with Crippen LogP contribution in [-0.4, -0.2) is 70.3 Å². The molecule has 4 atom stereocenters. The van der Waals surface area contributed by atoms with E-state index in [2.05, 4.69) is 15.7 Å². The lowest BCUT2D eigenvalue weighted by atomic mass is 9.85. The van der Waals surface area contributed by atoms with Gasteiger partial charge in [-0.2, -0.15) is 5.10 Å². The molecule has 1 aliphatic carbocycles. The van der Waals surface area contributed by atoms with Crippen LogP contribution in [0.4, 0.5) is 0 Å². The molecule has 1 aromatic heterocycles. The molecule has 9 heteroatoms. The van der Waals surface area contributed by atoms with E-state index in [0.717, 1.165) is 36.6 Å². The molecule has 3 aliphatic rings. The molecule has 5 rings (SSSR count). The zero-order chi connectivity index (χ0) is 21.4. The van der Waals surface area contributed by atoms with Gasteiger partial charge in [-0.05, 0) is 31.7 Å². The number of fused-ring (bicyclic) bond motifs is 2. The zero-order valence-corrected chi connectivity index (χ0v) is 17.3. The van der Waals surface area contributed by atoms with E-state index >= 15 is 0 Å². The summed E-state index contributed by atoms with van der Waals surface area (Å²) in [5.74, 6) is -0.131. The maximum atomic E-state index is 12.7. The minimum Gasteiger partial charge on any atom is -0.388 e. The smallest absolute Gasteiger partial charge is 0.241 e. The van der Waals surface area contributed by atoms with Gasteiger partial charge < -0.3 is 25.2 Å². The molecule has 9 nitrogen and oxygen atoms in total. The van der Waals surface area contributed by atoms with Crippen molar-refractivity contribution in [3.8, 4) is 0 Å². The van der Waals surface area contributed by atoms with Crippen LogP contribution in [0.1, 0.15) is 25.7 Å². The van der Waals surface area contributed by atoms with E-state index in [4.69, 9.17) is 9.47 Å². The first kappa shape index (κ1) is 20.4. The van der Waals surface area contributed by atoms with Gasteiger partial charge in [0, 0.05) is 23.5 Å². The second-order valence-corrected chi connectivity index (χ2v) is 8.78. The van der Waals surface area contributed by atoms with Gasteiger partial charge in [0.25, 0.3) is 0 Å². The van der Waals surface area contributed by atoms with Crippen LogP contribution in [0.2, 0.25) is 0 Å². The van der Waals surface area contributed by atoms with E-state index in [-0.39, 0.29) is 55.2 Å². The number of aliphatic hydroxyl groups excluding tert-OH is 1. The molecule has 1 saturated carbocycles. The summed E-state index contributed by atoms with van der Waals surface area (Å²) < 4.78 is 12.8. The molecular formula is C22H28N4O5. The highest BCUT2D eigenvalue weighted by atomic mass is 16.6. The quantitative estimate of drug-likeness (QED) is 0.633. The fourth-order valence-corrected chi connectivity index (χ4v) is 4.92. The number of aliphatic hydroxyl groups is 1. The second-order valence-electron chi connectivity index (χ2n) is 8.78. The molecule has 2 amide bonds. The van der Waals surface area contributed by atoms with Crippen molar-refractivity contribution >= 4 is 22.7 Å².